The summed E-state index contributed by atoms with van der Waals surface area (Å²) in [7, 11) is 0. The van der Waals surface area contributed by atoms with Gasteiger partial charge in [0.2, 0.25) is 0 Å². The van der Waals surface area contributed by atoms with Crippen molar-refractivity contribution >= 4 is 10.9 Å². The molecule has 1 N–H and O–H groups in total. The van der Waals surface area contributed by atoms with E-state index in [1.165, 1.54) is 6.07 Å². The highest BCUT2D eigenvalue weighted by molar-refractivity contribution is 5.80. The topological polar surface area (TPSA) is 58.9 Å². The molecule has 3 aromatic rings. The average molecular weight is 212 g/mol. The van der Waals surface area contributed by atoms with E-state index in [2.05, 4.69) is 10.1 Å². The summed E-state index contributed by atoms with van der Waals surface area (Å²) in [6.07, 6.45) is 0. The van der Waals surface area contributed by atoms with Gasteiger partial charge in [0, 0.05) is 5.39 Å². The van der Waals surface area contributed by atoms with E-state index in [0.29, 0.717) is 11.5 Å². The van der Waals surface area contributed by atoms with E-state index in [0.717, 1.165) is 10.9 Å². The third-order valence-corrected chi connectivity index (χ3v) is 2.37. The van der Waals surface area contributed by atoms with Crippen LogP contribution in [0.25, 0.3) is 22.4 Å². The summed E-state index contributed by atoms with van der Waals surface area (Å²) in [5.41, 5.74) is 1.27. The van der Waals surface area contributed by atoms with E-state index in [1.54, 1.807) is 0 Å². The maximum absolute atomic E-state index is 11.0. The van der Waals surface area contributed by atoms with Crippen molar-refractivity contribution in [1.82, 2.24) is 10.1 Å². The predicted octanol–water partition coefficient (Wildman–Crippen LogP) is 2.18. The van der Waals surface area contributed by atoms with Crippen molar-refractivity contribution in [3.63, 3.8) is 0 Å². The van der Waals surface area contributed by atoms with Crippen LogP contribution >= 0.6 is 0 Å². The van der Waals surface area contributed by atoms with Gasteiger partial charge in [-0.3, -0.25) is 4.79 Å². The molecule has 1 aromatic carbocycles. The molecule has 16 heavy (non-hydrogen) atoms. The van der Waals surface area contributed by atoms with Crippen molar-refractivity contribution in [3.05, 3.63) is 52.8 Å². The summed E-state index contributed by atoms with van der Waals surface area (Å²) in [6.45, 7) is 0. The first kappa shape index (κ1) is 8.91. The molecule has 78 valence electrons. The van der Waals surface area contributed by atoms with Crippen LogP contribution in [0.15, 0.2) is 51.8 Å². The molecule has 0 saturated heterocycles. The molecule has 0 amide bonds. The summed E-state index contributed by atoms with van der Waals surface area (Å²) in [6, 6.07) is 13.0. The second-order valence-electron chi connectivity index (χ2n) is 3.47. The van der Waals surface area contributed by atoms with Gasteiger partial charge < -0.3 is 4.52 Å². The first-order chi connectivity index (χ1) is 7.83. The van der Waals surface area contributed by atoms with E-state index in [4.69, 9.17) is 4.52 Å². The molecule has 2 aromatic heterocycles. The molecular weight excluding hydrogens is 204 g/mol. The Morgan fingerprint density at radius 3 is 2.81 bits per heavy atom. The van der Waals surface area contributed by atoms with E-state index < -0.39 is 0 Å². The van der Waals surface area contributed by atoms with Crippen LogP contribution < -0.4 is 5.56 Å². The number of benzene rings is 1. The number of hydrogen-bond donors (Lipinski definition) is 1. The molecule has 4 heteroatoms. The number of hydrogen-bond acceptors (Lipinski definition) is 3. The Hall–Kier alpha value is -2.36. The van der Waals surface area contributed by atoms with Crippen LogP contribution in [0.3, 0.4) is 0 Å². The number of aromatic nitrogens is 2. The summed E-state index contributed by atoms with van der Waals surface area (Å²) in [5, 5.41) is 3.30. The number of aromatic amines is 1. The fourth-order valence-corrected chi connectivity index (χ4v) is 1.61. The molecule has 0 fully saturated rings. The van der Waals surface area contributed by atoms with Crippen molar-refractivity contribution in [2.45, 2.75) is 0 Å². The number of fused-ring (bicyclic) bond motifs is 1. The number of nitrogens with one attached hydrogen (secondary N) is 1. The molecule has 0 bridgehead atoms. The van der Waals surface area contributed by atoms with Crippen LogP contribution in [0.5, 0.6) is 0 Å². The molecule has 0 aliphatic carbocycles. The van der Waals surface area contributed by atoms with Crippen molar-refractivity contribution in [3.8, 4) is 11.5 Å². The standard InChI is InChI=1S/C12H8N2O2/c15-12-7-11(16-14-12)10-6-5-8-3-1-2-4-9(8)13-10/h1-7H,(H,14,15). The van der Waals surface area contributed by atoms with Crippen LogP contribution in [0.2, 0.25) is 0 Å². The Labute approximate surface area is 90.5 Å². The second kappa shape index (κ2) is 3.34. The van der Waals surface area contributed by atoms with Crippen LogP contribution in [0.4, 0.5) is 0 Å². The largest absolute Gasteiger partial charge is 0.377 e. The molecule has 0 spiro atoms. The average Bonchev–Trinajstić information content (AvgIpc) is 2.75. The van der Waals surface area contributed by atoms with Crippen molar-refractivity contribution < 1.29 is 4.52 Å². The fourth-order valence-electron chi connectivity index (χ4n) is 1.61. The van der Waals surface area contributed by atoms with E-state index in [-0.39, 0.29) is 5.56 Å². The lowest BCUT2D eigenvalue weighted by molar-refractivity contribution is 0.425. The van der Waals surface area contributed by atoms with Crippen LogP contribution in [-0.4, -0.2) is 10.1 Å². The number of H-pyrrole nitrogens is 1. The van der Waals surface area contributed by atoms with Gasteiger partial charge in [0.25, 0.3) is 5.56 Å². The van der Waals surface area contributed by atoms with Gasteiger partial charge in [-0.1, -0.05) is 24.3 Å². The van der Waals surface area contributed by atoms with E-state index in [9.17, 15) is 4.79 Å². The zero-order valence-electron chi connectivity index (χ0n) is 8.31. The smallest absolute Gasteiger partial charge is 0.280 e. The van der Waals surface area contributed by atoms with Crippen LogP contribution in [0, 0.1) is 0 Å². The summed E-state index contributed by atoms with van der Waals surface area (Å²) >= 11 is 0. The highest BCUT2D eigenvalue weighted by Gasteiger charge is 2.05. The highest BCUT2D eigenvalue weighted by Crippen LogP contribution is 2.18. The minimum Gasteiger partial charge on any atom is -0.377 e. The van der Waals surface area contributed by atoms with E-state index >= 15 is 0 Å². The van der Waals surface area contributed by atoms with Crippen molar-refractivity contribution in [2.75, 3.05) is 0 Å². The number of rotatable bonds is 1. The maximum atomic E-state index is 11.0. The quantitative estimate of drug-likeness (QED) is 0.672. The molecule has 0 radical (unpaired) electrons. The first-order valence-corrected chi connectivity index (χ1v) is 4.87. The zero-order chi connectivity index (χ0) is 11.0. The Kier molecular flexibility index (Phi) is 1.86. The fraction of sp³-hybridized carbons (Fsp3) is 0. The molecule has 0 aliphatic heterocycles. The SMILES string of the molecule is O=c1cc(-c2ccc3ccccc3n2)o[nH]1. The van der Waals surface area contributed by atoms with Gasteiger partial charge in [0.1, 0.15) is 5.69 Å². The third kappa shape index (κ3) is 1.40. The Morgan fingerprint density at radius 1 is 1.12 bits per heavy atom. The maximum Gasteiger partial charge on any atom is 0.280 e. The molecular formula is C12H8N2O2. The van der Waals surface area contributed by atoms with Gasteiger partial charge in [-0.15, -0.1) is 0 Å². The monoisotopic (exact) mass is 212 g/mol. The highest BCUT2D eigenvalue weighted by atomic mass is 16.5. The lowest BCUT2D eigenvalue weighted by Gasteiger charge is -1.98. The lowest BCUT2D eigenvalue weighted by Crippen LogP contribution is -1.92. The molecule has 2 heterocycles. The molecule has 3 rings (SSSR count). The van der Waals surface area contributed by atoms with Gasteiger partial charge in [0.05, 0.1) is 11.6 Å². The minimum atomic E-state index is -0.259. The first-order valence-electron chi connectivity index (χ1n) is 4.87. The zero-order valence-corrected chi connectivity index (χ0v) is 8.31. The second-order valence-corrected chi connectivity index (χ2v) is 3.47. The van der Waals surface area contributed by atoms with Gasteiger partial charge in [-0.25, -0.2) is 4.98 Å². The molecule has 0 atom stereocenters. The number of nitrogens with zero attached hydrogens (tertiary/aromatic N) is 1. The predicted molar refractivity (Wildman–Crippen MR) is 60.1 cm³/mol. The summed E-state index contributed by atoms with van der Waals surface area (Å²) in [5.74, 6) is 0.454. The van der Waals surface area contributed by atoms with Gasteiger partial charge in [0.15, 0.2) is 5.76 Å². The van der Waals surface area contributed by atoms with Gasteiger partial charge >= 0.3 is 0 Å². The Morgan fingerprint density at radius 2 is 2.00 bits per heavy atom. The summed E-state index contributed by atoms with van der Waals surface area (Å²) in [4.78, 5) is 15.4. The molecule has 0 saturated carbocycles. The Bertz CT molecular complexity index is 697. The van der Waals surface area contributed by atoms with E-state index in [1.807, 2.05) is 36.4 Å². The van der Waals surface area contributed by atoms with Crippen LogP contribution in [0.1, 0.15) is 0 Å². The molecule has 0 aliphatic rings. The van der Waals surface area contributed by atoms with Crippen LogP contribution in [-0.2, 0) is 0 Å². The van der Waals surface area contributed by atoms with Gasteiger partial charge in [-0.2, -0.15) is 5.16 Å². The Balaban J connectivity index is 2.22. The minimum absolute atomic E-state index is 0.259. The number of para-hydroxylation sites is 1. The third-order valence-electron chi connectivity index (χ3n) is 2.37. The molecule has 0 unspecified atom stereocenters. The lowest BCUT2D eigenvalue weighted by atomic mass is 10.2. The normalized spacial score (nSPS) is 10.8. The van der Waals surface area contributed by atoms with Crippen molar-refractivity contribution in [1.29, 1.82) is 0 Å². The van der Waals surface area contributed by atoms with Crippen molar-refractivity contribution in [2.24, 2.45) is 0 Å². The molecule has 4 nitrogen and oxygen atoms in total. The summed E-state index contributed by atoms with van der Waals surface area (Å²) < 4.78 is 5.00. The van der Waals surface area contributed by atoms with Gasteiger partial charge in [-0.05, 0) is 12.1 Å². The number of pyridine rings is 1.